The molecule has 2 atom stereocenters. The number of hydrogen-bond acceptors (Lipinski definition) is 5. The zero-order valence-corrected chi connectivity index (χ0v) is 30.2. The van der Waals surface area contributed by atoms with Crippen molar-refractivity contribution in [2.75, 3.05) is 13.2 Å². The third-order valence-electron chi connectivity index (χ3n) is 11.2. The second-order valence-corrected chi connectivity index (χ2v) is 14.1. The normalized spacial score (nSPS) is 19.5. The Balaban J connectivity index is 1.50. The van der Waals surface area contributed by atoms with Gasteiger partial charge in [0.2, 0.25) is 0 Å². The highest BCUT2D eigenvalue weighted by molar-refractivity contribution is 6.03. The van der Waals surface area contributed by atoms with Crippen LogP contribution < -0.4 is 0 Å². The van der Waals surface area contributed by atoms with E-state index >= 15 is 0 Å². The molecule has 9 rings (SSSR count). The Morgan fingerprint density at radius 3 is 1.57 bits per heavy atom. The molecule has 54 heavy (non-hydrogen) atoms. The lowest BCUT2D eigenvalue weighted by atomic mass is 9.64. The molecule has 0 aromatic heterocycles. The van der Waals surface area contributed by atoms with Crippen LogP contribution in [0.4, 0.5) is 0 Å². The van der Waals surface area contributed by atoms with Gasteiger partial charge in [-0.2, -0.15) is 0 Å². The van der Waals surface area contributed by atoms with Gasteiger partial charge < -0.3 is 14.2 Å². The van der Waals surface area contributed by atoms with Gasteiger partial charge in [0.05, 0.1) is 13.2 Å². The van der Waals surface area contributed by atoms with Crippen LogP contribution in [0.2, 0.25) is 0 Å². The fourth-order valence-electron chi connectivity index (χ4n) is 9.12. The van der Waals surface area contributed by atoms with Crippen LogP contribution in [-0.4, -0.2) is 25.2 Å². The molecule has 1 aliphatic carbocycles. The third-order valence-corrected chi connectivity index (χ3v) is 11.2. The second-order valence-electron chi connectivity index (χ2n) is 14.1. The molecule has 6 aromatic carbocycles. The summed E-state index contributed by atoms with van der Waals surface area (Å²) in [7, 11) is 0. The van der Waals surface area contributed by atoms with E-state index in [1.54, 1.807) is 13.8 Å². The van der Waals surface area contributed by atoms with E-state index in [1.165, 1.54) is 0 Å². The summed E-state index contributed by atoms with van der Waals surface area (Å²) in [5, 5.41) is 0. The Morgan fingerprint density at radius 2 is 1.04 bits per heavy atom. The molecule has 0 fully saturated rings. The van der Waals surface area contributed by atoms with E-state index in [4.69, 9.17) is 14.2 Å². The van der Waals surface area contributed by atoms with Gasteiger partial charge >= 0.3 is 11.9 Å². The summed E-state index contributed by atoms with van der Waals surface area (Å²) in [6.45, 7) is 3.79. The Kier molecular flexibility index (Phi) is 8.10. The number of esters is 2. The number of fused-ring (bicyclic) bond motifs is 10. The Morgan fingerprint density at radius 1 is 0.574 bits per heavy atom. The van der Waals surface area contributed by atoms with E-state index in [2.05, 4.69) is 84.6 Å². The summed E-state index contributed by atoms with van der Waals surface area (Å²) < 4.78 is 19.4. The first-order chi connectivity index (χ1) is 26.5. The van der Waals surface area contributed by atoms with E-state index in [9.17, 15) is 9.59 Å². The van der Waals surface area contributed by atoms with E-state index in [0.717, 1.165) is 66.8 Å². The van der Waals surface area contributed by atoms with E-state index in [1.807, 2.05) is 72.8 Å². The van der Waals surface area contributed by atoms with Crippen molar-refractivity contribution in [1.82, 2.24) is 0 Å². The molecule has 0 saturated carbocycles. The van der Waals surface area contributed by atoms with Crippen molar-refractivity contribution in [3.63, 3.8) is 0 Å². The average Bonchev–Trinajstić information content (AvgIpc) is 3.89. The van der Waals surface area contributed by atoms with Crippen molar-refractivity contribution in [2.24, 2.45) is 5.41 Å². The van der Waals surface area contributed by atoms with Crippen LogP contribution in [0, 0.1) is 17.3 Å². The lowest BCUT2D eigenvalue weighted by Gasteiger charge is -2.35. The first kappa shape index (κ1) is 33.6. The lowest BCUT2D eigenvalue weighted by Crippen LogP contribution is -2.43. The molecule has 2 aliphatic heterocycles. The van der Waals surface area contributed by atoms with Gasteiger partial charge in [-0.05, 0) is 64.9 Å². The predicted molar refractivity (Wildman–Crippen MR) is 208 cm³/mol. The van der Waals surface area contributed by atoms with Crippen LogP contribution >= 0.6 is 0 Å². The number of carbonyl (C=O) groups excluding carboxylic acids is 2. The highest BCUT2D eigenvalue weighted by atomic mass is 16.6. The summed E-state index contributed by atoms with van der Waals surface area (Å²) in [6.07, 6.45) is 0.166. The smallest absolute Gasteiger partial charge is 0.324 e. The number of rotatable bonds is 7. The van der Waals surface area contributed by atoms with Crippen molar-refractivity contribution < 1.29 is 23.8 Å². The lowest BCUT2D eigenvalue weighted by molar-refractivity contribution is -0.171. The summed E-state index contributed by atoms with van der Waals surface area (Å²) >= 11 is 0. The molecule has 0 saturated heterocycles. The number of benzene rings is 6. The number of carbonyl (C=O) groups is 2. The first-order valence-corrected chi connectivity index (χ1v) is 18.6. The van der Waals surface area contributed by atoms with Gasteiger partial charge in [0.25, 0.3) is 0 Å². The van der Waals surface area contributed by atoms with Crippen LogP contribution in [0.15, 0.2) is 146 Å². The third kappa shape index (κ3) is 4.70. The SMILES string of the molecule is CCOC(=O)C1(C(=O)OCC)Cc2c(C#Cc3ccccc3)c(-c3ccccc3)c3c(c2C1)C1(c2ccccc2)OC3(c2ccccc2)c2ccccc21. The molecule has 2 heterocycles. The standard InChI is InChI=1S/C49H38O5/c1-3-52-45(50)47(46(51)53-4-2)31-38-37(30-29-33-19-9-5-10-20-33)42(34-21-11-6-12-22-34)44-43(39(38)32-47)48(35-23-13-7-14-24-35)40-27-17-18-28-41(40)49(44,54-48)36-25-15-8-16-26-36/h5-28H,3-4,31-32H2,1-2H3. The van der Waals surface area contributed by atoms with Crippen molar-refractivity contribution in [3.8, 4) is 23.0 Å². The van der Waals surface area contributed by atoms with Gasteiger partial charge in [-0.3, -0.25) is 9.59 Å². The number of hydrogen-bond donors (Lipinski definition) is 0. The second kappa shape index (κ2) is 13.0. The molecule has 264 valence electrons. The Bertz CT molecular complexity index is 2460. The van der Waals surface area contributed by atoms with Gasteiger partial charge in [0.15, 0.2) is 5.41 Å². The van der Waals surface area contributed by atoms with E-state index in [0.29, 0.717) is 0 Å². The summed E-state index contributed by atoms with van der Waals surface area (Å²) in [4.78, 5) is 28.6. The maximum Gasteiger partial charge on any atom is 0.324 e. The number of ether oxygens (including phenoxy) is 3. The Labute approximate surface area is 315 Å². The zero-order valence-electron chi connectivity index (χ0n) is 30.2. The molecule has 6 aromatic rings. The molecule has 5 heteroatoms. The minimum atomic E-state index is -1.61. The van der Waals surface area contributed by atoms with Gasteiger partial charge in [-0.25, -0.2) is 0 Å². The monoisotopic (exact) mass is 706 g/mol. The summed E-state index contributed by atoms with van der Waals surface area (Å²) in [6, 6.07) is 49.4. The van der Waals surface area contributed by atoms with Crippen molar-refractivity contribution >= 4 is 11.9 Å². The first-order valence-electron chi connectivity index (χ1n) is 18.6. The van der Waals surface area contributed by atoms with Crippen LogP contribution in [0.25, 0.3) is 11.1 Å². The molecular weight excluding hydrogens is 669 g/mol. The molecular formula is C49H38O5. The van der Waals surface area contributed by atoms with Crippen molar-refractivity contribution in [2.45, 2.75) is 37.9 Å². The fraction of sp³-hybridized carbons (Fsp3) is 0.184. The van der Waals surface area contributed by atoms with Gasteiger partial charge in [-0.1, -0.05) is 145 Å². The minimum Gasteiger partial charge on any atom is -0.465 e. The average molecular weight is 707 g/mol. The van der Waals surface area contributed by atoms with Crippen LogP contribution in [0.5, 0.6) is 0 Å². The minimum absolute atomic E-state index is 0.0801. The molecule has 5 nitrogen and oxygen atoms in total. The van der Waals surface area contributed by atoms with Gasteiger partial charge in [0, 0.05) is 40.7 Å². The van der Waals surface area contributed by atoms with Gasteiger partial charge in [0.1, 0.15) is 11.2 Å². The van der Waals surface area contributed by atoms with Gasteiger partial charge in [-0.15, -0.1) is 0 Å². The van der Waals surface area contributed by atoms with Crippen LogP contribution in [0.1, 0.15) is 69.5 Å². The van der Waals surface area contributed by atoms with E-state index in [-0.39, 0.29) is 26.1 Å². The summed E-state index contributed by atoms with van der Waals surface area (Å²) in [5.41, 5.74) is 7.40. The van der Waals surface area contributed by atoms with E-state index < -0.39 is 28.6 Å². The highest BCUT2D eigenvalue weighted by Gasteiger charge is 2.68. The largest absolute Gasteiger partial charge is 0.465 e. The molecule has 0 amide bonds. The molecule has 2 unspecified atom stereocenters. The van der Waals surface area contributed by atoms with Crippen LogP contribution in [-0.2, 0) is 47.8 Å². The van der Waals surface area contributed by atoms with Crippen molar-refractivity contribution in [1.29, 1.82) is 0 Å². The molecule has 0 N–H and O–H groups in total. The van der Waals surface area contributed by atoms with Crippen LogP contribution in [0.3, 0.4) is 0 Å². The maximum absolute atomic E-state index is 14.3. The maximum atomic E-state index is 14.3. The molecule has 0 spiro atoms. The molecule has 3 aliphatic rings. The molecule has 0 radical (unpaired) electrons. The zero-order chi connectivity index (χ0) is 36.9. The van der Waals surface area contributed by atoms with Crippen molar-refractivity contribution in [3.05, 3.63) is 201 Å². The predicted octanol–water partition coefficient (Wildman–Crippen LogP) is 8.89. The Hall–Kier alpha value is -6.22. The fourth-order valence-corrected chi connectivity index (χ4v) is 9.12. The summed E-state index contributed by atoms with van der Waals surface area (Å²) in [5.74, 6) is 5.91. The molecule has 2 bridgehead atoms. The highest BCUT2D eigenvalue weighted by Crippen LogP contribution is 2.70. The quantitative estimate of drug-likeness (QED) is 0.0943. The topological polar surface area (TPSA) is 61.8 Å².